The normalized spacial score (nSPS) is 14.3. The van der Waals surface area contributed by atoms with Crippen LogP contribution in [0.2, 0.25) is 0 Å². The fraction of sp³-hybridized carbons (Fsp3) is 0.647. The monoisotopic (exact) mass is 234 g/mol. The molecule has 0 bridgehead atoms. The molecule has 98 valence electrons. The molecule has 0 spiro atoms. The van der Waals surface area contributed by atoms with Gasteiger partial charge in [-0.15, -0.1) is 0 Å². The Morgan fingerprint density at radius 2 is 1.71 bits per heavy atom. The van der Waals surface area contributed by atoms with Gasteiger partial charge in [-0.25, -0.2) is 0 Å². The van der Waals surface area contributed by atoms with Crippen molar-refractivity contribution >= 4 is 0 Å². The Hall–Kier alpha value is -0.780. The molecule has 0 aromatic carbocycles. The maximum Gasteiger partial charge on any atom is -0.0285 e. The lowest BCUT2D eigenvalue weighted by molar-refractivity contribution is 0.814. The highest BCUT2D eigenvalue weighted by atomic mass is 14.1. The minimum Gasteiger partial charge on any atom is -0.0874 e. The van der Waals surface area contributed by atoms with Crippen LogP contribution >= 0.6 is 0 Å². The predicted octanol–water partition coefficient (Wildman–Crippen LogP) is 6.21. The number of rotatable bonds is 8. The van der Waals surface area contributed by atoms with Gasteiger partial charge < -0.3 is 0 Å². The third-order valence-electron chi connectivity index (χ3n) is 3.30. The first kappa shape index (κ1) is 16.2. The zero-order valence-corrected chi connectivity index (χ0v) is 12.5. The van der Waals surface area contributed by atoms with Crippen LogP contribution in [0.3, 0.4) is 0 Å². The highest BCUT2D eigenvalue weighted by molar-refractivity contribution is 5.19. The van der Waals surface area contributed by atoms with Crippen molar-refractivity contribution in [2.75, 3.05) is 0 Å². The molecule has 0 N–H and O–H groups in total. The van der Waals surface area contributed by atoms with Gasteiger partial charge in [0.2, 0.25) is 0 Å². The second kappa shape index (κ2) is 10.4. The van der Waals surface area contributed by atoms with Crippen LogP contribution in [0.15, 0.2) is 34.9 Å². The first-order valence-corrected chi connectivity index (χ1v) is 7.18. The van der Waals surface area contributed by atoms with Crippen molar-refractivity contribution in [1.82, 2.24) is 0 Å². The van der Waals surface area contributed by atoms with Crippen LogP contribution in [0.5, 0.6) is 0 Å². The molecule has 0 rings (SSSR count). The van der Waals surface area contributed by atoms with E-state index in [9.17, 15) is 0 Å². The van der Waals surface area contributed by atoms with Crippen molar-refractivity contribution in [1.29, 1.82) is 0 Å². The van der Waals surface area contributed by atoms with Gasteiger partial charge in [0.15, 0.2) is 0 Å². The lowest BCUT2D eigenvalue weighted by Crippen LogP contribution is -1.88. The minimum atomic E-state index is 1.14. The number of allylic oxidation sites excluding steroid dienone is 6. The van der Waals surface area contributed by atoms with E-state index in [4.69, 9.17) is 0 Å². The van der Waals surface area contributed by atoms with E-state index in [1.165, 1.54) is 37.7 Å². The van der Waals surface area contributed by atoms with Gasteiger partial charge >= 0.3 is 0 Å². The van der Waals surface area contributed by atoms with Crippen LogP contribution in [-0.2, 0) is 0 Å². The summed E-state index contributed by atoms with van der Waals surface area (Å²) in [6, 6.07) is 0. The number of hydrogen-bond donors (Lipinski definition) is 0. The molecule has 0 heteroatoms. The highest BCUT2D eigenvalue weighted by Gasteiger charge is 1.99. The second-order valence-corrected chi connectivity index (χ2v) is 4.66. The maximum absolute atomic E-state index is 2.39. The molecule has 0 aliphatic rings. The Morgan fingerprint density at radius 1 is 1.00 bits per heavy atom. The van der Waals surface area contributed by atoms with Crippen LogP contribution in [0, 0.1) is 0 Å². The van der Waals surface area contributed by atoms with E-state index in [1.807, 2.05) is 0 Å². The first-order chi connectivity index (χ1) is 8.19. The predicted molar refractivity (Wildman–Crippen MR) is 80.3 cm³/mol. The molecule has 0 unspecified atom stereocenters. The van der Waals surface area contributed by atoms with Crippen molar-refractivity contribution in [3.05, 3.63) is 34.9 Å². The van der Waals surface area contributed by atoms with Crippen molar-refractivity contribution in [2.45, 2.75) is 73.1 Å². The van der Waals surface area contributed by atoms with Gasteiger partial charge in [-0.3, -0.25) is 0 Å². The van der Waals surface area contributed by atoms with E-state index in [-0.39, 0.29) is 0 Å². The van der Waals surface area contributed by atoms with E-state index < -0.39 is 0 Å². The zero-order valence-electron chi connectivity index (χ0n) is 12.5. The second-order valence-electron chi connectivity index (χ2n) is 4.66. The lowest BCUT2D eigenvalue weighted by atomic mass is 9.98. The summed E-state index contributed by atoms with van der Waals surface area (Å²) in [6.45, 7) is 11.2. The molecule has 0 fully saturated rings. The molecular formula is C17H30. The summed E-state index contributed by atoms with van der Waals surface area (Å²) in [7, 11) is 0. The highest BCUT2D eigenvalue weighted by Crippen LogP contribution is 2.19. The van der Waals surface area contributed by atoms with Crippen LogP contribution in [0.4, 0.5) is 0 Å². The molecule has 17 heavy (non-hydrogen) atoms. The molecule has 0 aliphatic heterocycles. The van der Waals surface area contributed by atoms with Crippen LogP contribution in [0.25, 0.3) is 0 Å². The lowest BCUT2D eigenvalue weighted by Gasteiger charge is -2.08. The minimum absolute atomic E-state index is 1.14. The summed E-state index contributed by atoms with van der Waals surface area (Å²) in [5, 5.41) is 0. The first-order valence-electron chi connectivity index (χ1n) is 7.18. The Morgan fingerprint density at radius 3 is 2.18 bits per heavy atom. The third-order valence-corrected chi connectivity index (χ3v) is 3.30. The molecule has 0 saturated heterocycles. The summed E-state index contributed by atoms with van der Waals surface area (Å²) in [4.78, 5) is 0. The van der Waals surface area contributed by atoms with E-state index >= 15 is 0 Å². The van der Waals surface area contributed by atoms with Crippen molar-refractivity contribution in [3.63, 3.8) is 0 Å². The Kier molecular flexibility index (Phi) is 9.90. The fourth-order valence-electron chi connectivity index (χ4n) is 2.19. The van der Waals surface area contributed by atoms with E-state index in [1.54, 1.807) is 11.1 Å². The van der Waals surface area contributed by atoms with Crippen molar-refractivity contribution in [2.24, 2.45) is 0 Å². The average Bonchev–Trinajstić information content (AvgIpc) is 2.34. The SMILES string of the molecule is CC=CC(=CCCC(C)=C(CC)CCC)CC. The topological polar surface area (TPSA) is 0 Å². The van der Waals surface area contributed by atoms with Gasteiger partial charge in [0.05, 0.1) is 0 Å². The molecule has 0 atom stereocenters. The standard InChI is InChI=1S/C17H30/c1-6-11-16(8-3)14-10-13-15(5)17(9-4)12-7-2/h6,11,14H,7-10,12-13H2,1-5H3. The summed E-state index contributed by atoms with van der Waals surface area (Å²) in [6.07, 6.45) is 14.1. The molecule has 0 aromatic rings. The smallest absolute Gasteiger partial charge is 0.0285 e. The van der Waals surface area contributed by atoms with E-state index in [2.05, 4.69) is 52.8 Å². The Bertz CT molecular complexity index is 276. The maximum atomic E-state index is 2.39. The molecule has 0 aromatic heterocycles. The van der Waals surface area contributed by atoms with Crippen molar-refractivity contribution in [3.8, 4) is 0 Å². The zero-order chi connectivity index (χ0) is 13.1. The van der Waals surface area contributed by atoms with Gasteiger partial charge in [-0.2, -0.15) is 0 Å². The summed E-state index contributed by atoms with van der Waals surface area (Å²) in [5.41, 5.74) is 4.75. The van der Waals surface area contributed by atoms with Gasteiger partial charge in [-0.1, -0.05) is 62.1 Å². The molecular weight excluding hydrogens is 204 g/mol. The largest absolute Gasteiger partial charge is 0.0874 e. The summed E-state index contributed by atoms with van der Waals surface area (Å²) < 4.78 is 0. The van der Waals surface area contributed by atoms with Crippen LogP contribution in [-0.4, -0.2) is 0 Å². The molecule has 0 nitrogen and oxygen atoms in total. The van der Waals surface area contributed by atoms with Gasteiger partial charge in [0.25, 0.3) is 0 Å². The summed E-state index contributed by atoms with van der Waals surface area (Å²) in [5.74, 6) is 0. The van der Waals surface area contributed by atoms with Crippen LogP contribution < -0.4 is 0 Å². The van der Waals surface area contributed by atoms with Gasteiger partial charge in [0.1, 0.15) is 0 Å². The van der Waals surface area contributed by atoms with Crippen molar-refractivity contribution < 1.29 is 0 Å². The van der Waals surface area contributed by atoms with Gasteiger partial charge in [-0.05, 0) is 46.0 Å². The quantitative estimate of drug-likeness (QED) is 0.346. The van der Waals surface area contributed by atoms with Gasteiger partial charge in [0, 0.05) is 0 Å². The molecule has 0 heterocycles. The molecule has 0 aliphatic carbocycles. The Labute approximate surface area is 109 Å². The molecule has 0 amide bonds. The number of hydrogen-bond acceptors (Lipinski definition) is 0. The van der Waals surface area contributed by atoms with E-state index in [0.717, 1.165) is 6.42 Å². The van der Waals surface area contributed by atoms with Crippen LogP contribution in [0.1, 0.15) is 73.1 Å². The van der Waals surface area contributed by atoms with E-state index in [0.29, 0.717) is 0 Å². The average molecular weight is 234 g/mol. The summed E-state index contributed by atoms with van der Waals surface area (Å²) >= 11 is 0. The Balaban J connectivity index is 4.35. The fourth-order valence-corrected chi connectivity index (χ4v) is 2.19. The third kappa shape index (κ3) is 7.20. The molecule has 0 saturated carbocycles. The molecule has 0 radical (unpaired) electrons.